The lowest BCUT2D eigenvalue weighted by Gasteiger charge is -2.34. The summed E-state index contributed by atoms with van der Waals surface area (Å²) in [5, 5.41) is 0. The first-order chi connectivity index (χ1) is 10.1. The summed E-state index contributed by atoms with van der Waals surface area (Å²) in [6.45, 7) is 0.543. The van der Waals surface area contributed by atoms with Crippen LogP contribution in [0.3, 0.4) is 0 Å². The zero-order chi connectivity index (χ0) is 14.9. The van der Waals surface area contributed by atoms with Gasteiger partial charge in [0.1, 0.15) is 6.29 Å². The van der Waals surface area contributed by atoms with E-state index in [0.717, 1.165) is 17.5 Å². The molecule has 1 aliphatic rings. The molecule has 0 amide bonds. The Morgan fingerprint density at radius 3 is 2.38 bits per heavy atom. The standard InChI is InChI=1S/C15H14N2O3S/c18-11-12-9-17(10-12)21(19,20)14-6-4-13(5-7-14)15-3-1-2-8-16-15/h1-8,11-12H,9-10H2. The van der Waals surface area contributed by atoms with Crippen molar-refractivity contribution in [3.63, 3.8) is 0 Å². The van der Waals surface area contributed by atoms with Crippen molar-refractivity contribution in [3.8, 4) is 11.3 Å². The molecule has 0 spiro atoms. The first kappa shape index (κ1) is 13.9. The molecule has 1 saturated heterocycles. The maximum absolute atomic E-state index is 12.3. The summed E-state index contributed by atoms with van der Waals surface area (Å²) in [4.78, 5) is 15.0. The van der Waals surface area contributed by atoms with Gasteiger partial charge in [-0.1, -0.05) is 18.2 Å². The van der Waals surface area contributed by atoms with Crippen molar-refractivity contribution in [2.75, 3.05) is 13.1 Å². The molecule has 0 unspecified atom stereocenters. The fourth-order valence-corrected chi connectivity index (χ4v) is 3.79. The Labute approximate surface area is 123 Å². The van der Waals surface area contributed by atoms with E-state index < -0.39 is 10.0 Å². The van der Waals surface area contributed by atoms with Gasteiger partial charge in [-0.2, -0.15) is 4.31 Å². The quantitative estimate of drug-likeness (QED) is 0.804. The molecule has 1 aromatic carbocycles. The largest absolute Gasteiger partial charge is 0.303 e. The Kier molecular flexibility index (Phi) is 3.57. The topological polar surface area (TPSA) is 67.3 Å². The number of carbonyl (C=O) groups excluding carboxylic acids is 1. The van der Waals surface area contributed by atoms with Crippen LogP contribution >= 0.6 is 0 Å². The van der Waals surface area contributed by atoms with Gasteiger partial charge in [-0.25, -0.2) is 8.42 Å². The van der Waals surface area contributed by atoms with Gasteiger partial charge in [0.2, 0.25) is 10.0 Å². The highest BCUT2D eigenvalue weighted by molar-refractivity contribution is 7.89. The van der Waals surface area contributed by atoms with Gasteiger partial charge in [-0.15, -0.1) is 0 Å². The van der Waals surface area contributed by atoms with Crippen molar-refractivity contribution in [1.29, 1.82) is 0 Å². The van der Waals surface area contributed by atoms with E-state index >= 15 is 0 Å². The normalized spacial score (nSPS) is 16.4. The minimum atomic E-state index is -3.49. The molecule has 2 heterocycles. The van der Waals surface area contributed by atoms with E-state index in [0.29, 0.717) is 0 Å². The number of aromatic nitrogens is 1. The van der Waals surface area contributed by atoms with Gasteiger partial charge in [-0.3, -0.25) is 4.98 Å². The van der Waals surface area contributed by atoms with Crippen LogP contribution in [-0.2, 0) is 14.8 Å². The monoisotopic (exact) mass is 302 g/mol. The third-order valence-corrected chi connectivity index (χ3v) is 5.37. The predicted octanol–water partition coefficient (Wildman–Crippen LogP) is 1.57. The number of hydrogen-bond donors (Lipinski definition) is 0. The van der Waals surface area contributed by atoms with Crippen molar-refractivity contribution < 1.29 is 13.2 Å². The minimum absolute atomic E-state index is 0.174. The Balaban J connectivity index is 1.83. The smallest absolute Gasteiger partial charge is 0.243 e. The number of sulfonamides is 1. The number of carbonyl (C=O) groups is 1. The van der Waals surface area contributed by atoms with Gasteiger partial charge >= 0.3 is 0 Å². The van der Waals surface area contributed by atoms with Crippen LogP contribution in [0.5, 0.6) is 0 Å². The van der Waals surface area contributed by atoms with Gasteiger partial charge in [0.15, 0.2) is 0 Å². The van der Waals surface area contributed by atoms with E-state index in [2.05, 4.69) is 4.98 Å². The second-order valence-corrected chi connectivity index (χ2v) is 6.90. The van der Waals surface area contributed by atoms with Crippen molar-refractivity contribution in [1.82, 2.24) is 9.29 Å². The van der Waals surface area contributed by atoms with Crippen LogP contribution in [0.15, 0.2) is 53.6 Å². The first-order valence-corrected chi connectivity index (χ1v) is 8.02. The molecule has 2 aromatic rings. The van der Waals surface area contributed by atoms with E-state index in [4.69, 9.17) is 0 Å². The summed E-state index contributed by atoms with van der Waals surface area (Å²) in [6, 6.07) is 12.2. The van der Waals surface area contributed by atoms with Gasteiger partial charge in [-0.05, 0) is 24.3 Å². The van der Waals surface area contributed by atoms with Crippen LogP contribution in [0.4, 0.5) is 0 Å². The molecule has 108 valence electrons. The number of nitrogens with zero attached hydrogens (tertiary/aromatic N) is 2. The number of hydrogen-bond acceptors (Lipinski definition) is 4. The number of rotatable bonds is 4. The van der Waals surface area contributed by atoms with Crippen LogP contribution in [0.25, 0.3) is 11.3 Å². The van der Waals surface area contributed by atoms with Gasteiger partial charge < -0.3 is 4.79 Å². The van der Waals surface area contributed by atoms with Crippen molar-refractivity contribution >= 4 is 16.3 Å². The summed E-state index contributed by atoms with van der Waals surface area (Å²) in [6.07, 6.45) is 2.50. The number of aldehydes is 1. The molecule has 0 aliphatic carbocycles. The average molecular weight is 302 g/mol. The number of pyridine rings is 1. The van der Waals surface area contributed by atoms with E-state index in [-0.39, 0.29) is 23.9 Å². The van der Waals surface area contributed by atoms with E-state index in [1.165, 1.54) is 4.31 Å². The Bertz CT molecular complexity index is 736. The van der Waals surface area contributed by atoms with E-state index in [9.17, 15) is 13.2 Å². The van der Waals surface area contributed by atoms with Crippen LogP contribution in [0.1, 0.15) is 0 Å². The third-order valence-electron chi connectivity index (χ3n) is 3.52. The summed E-state index contributed by atoms with van der Waals surface area (Å²) in [5.41, 5.74) is 1.66. The molecule has 3 rings (SSSR count). The molecule has 0 saturated carbocycles. The summed E-state index contributed by atoms with van der Waals surface area (Å²) in [5.74, 6) is -0.174. The molecule has 0 radical (unpaired) electrons. The zero-order valence-electron chi connectivity index (χ0n) is 11.2. The predicted molar refractivity (Wildman–Crippen MR) is 78.0 cm³/mol. The fraction of sp³-hybridized carbons (Fsp3) is 0.200. The molecular formula is C15H14N2O3S. The zero-order valence-corrected chi connectivity index (χ0v) is 12.0. The van der Waals surface area contributed by atoms with Crippen LogP contribution in [0.2, 0.25) is 0 Å². The Morgan fingerprint density at radius 2 is 1.81 bits per heavy atom. The van der Waals surface area contributed by atoms with Crippen molar-refractivity contribution in [2.45, 2.75) is 4.90 Å². The molecule has 5 nitrogen and oxygen atoms in total. The second-order valence-electron chi connectivity index (χ2n) is 4.96. The maximum Gasteiger partial charge on any atom is 0.243 e. The molecule has 21 heavy (non-hydrogen) atoms. The third kappa shape index (κ3) is 2.59. The molecule has 0 atom stereocenters. The highest BCUT2D eigenvalue weighted by Gasteiger charge is 2.36. The second kappa shape index (κ2) is 5.38. The van der Waals surface area contributed by atoms with Crippen molar-refractivity contribution in [3.05, 3.63) is 48.7 Å². The van der Waals surface area contributed by atoms with E-state index in [1.807, 2.05) is 18.2 Å². The SMILES string of the molecule is O=CC1CN(S(=O)(=O)c2ccc(-c3ccccn3)cc2)C1. The van der Waals surface area contributed by atoms with Crippen LogP contribution < -0.4 is 0 Å². The van der Waals surface area contributed by atoms with Gasteiger partial charge in [0.05, 0.1) is 10.6 Å². The molecule has 0 bridgehead atoms. The number of benzene rings is 1. The summed E-state index contributed by atoms with van der Waals surface area (Å²) >= 11 is 0. The maximum atomic E-state index is 12.3. The van der Waals surface area contributed by atoms with Gasteiger partial charge in [0, 0.05) is 30.8 Å². The Hall–Kier alpha value is -2.05. The molecular weight excluding hydrogens is 288 g/mol. The lowest BCUT2D eigenvalue weighted by molar-refractivity contribution is -0.113. The van der Waals surface area contributed by atoms with E-state index in [1.54, 1.807) is 30.5 Å². The molecule has 1 aromatic heterocycles. The molecule has 1 aliphatic heterocycles. The lowest BCUT2D eigenvalue weighted by Crippen LogP contribution is -2.50. The minimum Gasteiger partial charge on any atom is -0.303 e. The Morgan fingerprint density at radius 1 is 1.10 bits per heavy atom. The van der Waals surface area contributed by atoms with Crippen molar-refractivity contribution in [2.24, 2.45) is 5.92 Å². The lowest BCUT2D eigenvalue weighted by atomic mass is 10.1. The average Bonchev–Trinajstić information content (AvgIpc) is 2.47. The molecule has 6 heteroatoms. The highest BCUT2D eigenvalue weighted by Crippen LogP contribution is 2.25. The molecule has 1 fully saturated rings. The first-order valence-electron chi connectivity index (χ1n) is 6.58. The molecule has 0 N–H and O–H groups in total. The van der Waals surface area contributed by atoms with Crippen LogP contribution in [-0.4, -0.2) is 37.1 Å². The van der Waals surface area contributed by atoms with Crippen LogP contribution in [0, 0.1) is 5.92 Å². The highest BCUT2D eigenvalue weighted by atomic mass is 32.2. The fourth-order valence-electron chi connectivity index (χ4n) is 2.23. The summed E-state index contributed by atoms with van der Waals surface area (Å²) in [7, 11) is -3.49. The summed E-state index contributed by atoms with van der Waals surface area (Å²) < 4.78 is 26.0. The van der Waals surface area contributed by atoms with Gasteiger partial charge in [0.25, 0.3) is 0 Å².